The number of phenolic OH excluding ortho intramolecular Hbond substituents is 2. The van der Waals surface area contributed by atoms with Crippen LogP contribution in [0.2, 0.25) is 0 Å². The van der Waals surface area contributed by atoms with Crippen LogP contribution in [-0.2, 0) is 40.5 Å². The Kier molecular flexibility index (Phi) is 11.7. The highest BCUT2D eigenvalue weighted by atomic mass is 32.2. The number of benzene rings is 6. The second-order valence-corrected chi connectivity index (χ2v) is 18.1. The third-order valence-corrected chi connectivity index (χ3v) is 12.0. The first-order valence-electron chi connectivity index (χ1n) is 16.6. The van der Waals surface area contributed by atoms with Crippen molar-refractivity contribution in [3.05, 3.63) is 78.0 Å². The van der Waals surface area contributed by atoms with Crippen LogP contribution in [0.1, 0.15) is 0 Å². The fraction of sp³-hybridized carbons (Fsp3) is 0.0588. The van der Waals surface area contributed by atoms with Gasteiger partial charge in [0, 0.05) is 39.4 Å². The van der Waals surface area contributed by atoms with Gasteiger partial charge in [0.1, 0.15) is 74.7 Å². The SMILES string of the molecule is COc1cc(N=[N+]([O-])c2ccc(N=Nc3c(S(=O)(=O)[O-])cc4cc(S(=O)(=O)[O-])cc(N)c4c3O)c(OC)c2)ccc1N=Nc1c(S(=O)(=O)[O-])cc2cc(S(=O)(=O)[O-])cc(N)c2c1O. The molecule has 29 heteroatoms. The number of aromatic hydroxyl groups is 2. The van der Waals surface area contributed by atoms with E-state index < -0.39 is 105 Å². The Morgan fingerprint density at radius 3 is 1.37 bits per heavy atom. The van der Waals surface area contributed by atoms with Crippen LogP contribution < -0.4 is 20.9 Å². The molecule has 0 aliphatic carbocycles. The molecule has 0 bridgehead atoms. The number of nitrogen functional groups attached to an aromatic ring is 2. The van der Waals surface area contributed by atoms with Gasteiger partial charge in [-0.2, -0.15) is 0 Å². The zero-order chi connectivity index (χ0) is 46.6. The Labute approximate surface area is 354 Å². The fourth-order valence-corrected chi connectivity index (χ4v) is 8.27. The lowest BCUT2D eigenvalue weighted by atomic mass is 10.1. The molecule has 0 aliphatic rings. The minimum absolute atomic E-state index is 0.0748. The maximum absolute atomic E-state index is 13.2. The van der Waals surface area contributed by atoms with E-state index in [0.717, 1.165) is 25.3 Å². The molecule has 0 radical (unpaired) electrons. The van der Waals surface area contributed by atoms with Gasteiger partial charge >= 0.3 is 0 Å². The number of methoxy groups -OCH3 is 2. The van der Waals surface area contributed by atoms with E-state index in [9.17, 15) is 67.3 Å². The zero-order valence-electron chi connectivity index (χ0n) is 31.4. The van der Waals surface area contributed by atoms with Crippen molar-refractivity contribution in [1.82, 2.24) is 0 Å². The van der Waals surface area contributed by atoms with Crippen LogP contribution >= 0.6 is 0 Å². The number of ether oxygens (including phenoxy) is 2. The summed E-state index contributed by atoms with van der Waals surface area (Å²) in [6.07, 6.45) is 0. The van der Waals surface area contributed by atoms with Crippen LogP contribution in [0.15, 0.2) is 118 Å². The minimum Gasteiger partial charge on any atom is -0.744 e. The molecule has 6 aromatic carbocycles. The second-order valence-electron chi connectivity index (χ2n) is 12.7. The standard InChI is InChI=1S/C34H28N8O17S4/c1-58-25-11-17(3-5-23(25)37-39-31-27(62(52,53)54)9-15-7-19(60(46,47)48)13-21(35)29(15)33(31)43)41-42(45)18-4-6-24(26(12-18)59-2)38-40-32-28(63(55,56)57)10-16-8-20(61(49,50)51)14-22(36)30(16)34(32)44/h3-14,43-44H,35-36H2,1-2H3,(H,46,47,48)(H,49,50,51)(H,52,53,54)(H,55,56,57)/p-4. The average molecular weight is 945 g/mol. The predicted octanol–water partition coefficient (Wildman–Crippen LogP) is 4.96. The van der Waals surface area contributed by atoms with Gasteiger partial charge in [0.2, 0.25) is 5.69 Å². The lowest BCUT2D eigenvalue weighted by Gasteiger charge is -2.16. The van der Waals surface area contributed by atoms with Gasteiger partial charge in [-0.15, -0.1) is 20.5 Å². The van der Waals surface area contributed by atoms with E-state index >= 15 is 0 Å². The molecule has 0 heterocycles. The zero-order valence-corrected chi connectivity index (χ0v) is 34.7. The van der Waals surface area contributed by atoms with Crippen molar-refractivity contribution in [2.45, 2.75) is 19.6 Å². The summed E-state index contributed by atoms with van der Waals surface area (Å²) in [7, 11) is -18.7. The minimum atomic E-state index is -5.44. The van der Waals surface area contributed by atoms with E-state index in [-0.39, 0.29) is 49.9 Å². The van der Waals surface area contributed by atoms with Gasteiger partial charge in [0.25, 0.3) is 0 Å². The summed E-state index contributed by atoms with van der Waals surface area (Å²) < 4.78 is 153. The summed E-state index contributed by atoms with van der Waals surface area (Å²) in [4.78, 5) is -3.93. The Morgan fingerprint density at radius 1 is 0.556 bits per heavy atom. The van der Waals surface area contributed by atoms with Gasteiger partial charge < -0.3 is 54.6 Å². The summed E-state index contributed by atoms with van der Waals surface area (Å²) >= 11 is 0. The highest BCUT2D eigenvalue weighted by Crippen LogP contribution is 2.47. The molecule has 25 nitrogen and oxygen atoms in total. The molecule has 0 aromatic heterocycles. The molecule has 6 rings (SSSR count). The number of hydrogen-bond acceptors (Lipinski definition) is 24. The van der Waals surface area contributed by atoms with Crippen molar-refractivity contribution in [1.29, 1.82) is 0 Å². The van der Waals surface area contributed by atoms with Crippen molar-refractivity contribution in [3.63, 3.8) is 0 Å². The van der Waals surface area contributed by atoms with Gasteiger partial charge in [-0.1, -0.05) is 0 Å². The summed E-state index contributed by atoms with van der Waals surface area (Å²) in [6, 6.07) is 11.2. The number of nitrogens with two attached hydrogens (primary N) is 2. The van der Waals surface area contributed by atoms with Crippen molar-refractivity contribution >= 4 is 108 Å². The molecule has 6 aromatic rings. The van der Waals surface area contributed by atoms with Crippen molar-refractivity contribution < 1.29 is 76.4 Å². The highest BCUT2D eigenvalue weighted by molar-refractivity contribution is 7.86. The monoisotopic (exact) mass is 944 g/mol. The molecular formula is C34H24N8O17S4-4. The maximum Gasteiger partial charge on any atom is 0.248 e. The number of hydrogen-bond donors (Lipinski definition) is 4. The molecule has 6 N–H and O–H groups in total. The van der Waals surface area contributed by atoms with Crippen LogP contribution in [0.25, 0.3) is 21.5 Å². The molecule has 0 saturated carbocycles. The van der Waals surface area contributed by atoms with Crippen LogP contribution in [0.5, 0.6) is 23.0 Å². The van der Waals surface area contributed by atoms with Crippen LogP contribution in [0.3, 0.4) is 0 Å². The molecule has 0 fully saturated rings. The molecule has 0 saturated heterocycles. The van der Waals surface area contributed by atoms with E-state index in [2.05, 4.69) is 25.6 Å². The summed E-state index contributed by atoms with van der Waals surface area (Å²) in [5.74, 6) is -2.31. The number of nitrogens with zero attached hydrogens (tertiary/aromatic N) is 6. The topological polar surface area (TPSA) is 428 Å². The van der Waals surface area contributed by atoms with E-state index in [1.807, 2.05) is 0 Å². The predicted molar refractivity (Wildman–Crippen MR) is 212 cm³/mol. The average Bonchev–Trinajstić information content (AvgIpc) is 3.18. The molecule has 0 spiro atoms. The number of phenols is 2. The van der Waals surface area contributed by atoms with Crippen LogP contribution in [0, 0.1) is 5.21 Å². The number of azo groups is 3. The summed E-state index contributed by atoms with van der Waals surface area (Å²) in [6.45, 7) is 0. The maximum atomic E-state index is 13.2. The summed E-state index contributed by atoms with van der Waals surface area (Å²) in [5.41, 5.74) is 8.32. The molecule has 0 amide bonds. The normalized spacial score (nSPS) is 13.1. The van der Waals surface area contributed by atoms with Gasteiger partial charge in [0.15, 0.2) is 17.2 Å². The van der Waals surface area contributed by atoms with Gasteiger partial charge in [0.05, 0.1) is 39.9 Å². The molecule has 0 atom stereocenters. The Hall–Kier alpha value is -7.12. The van der Waals surface area contributed by atoms with Gasteiger partial charge in [-0.3, -0.25) is 0 Å². The Balaban J connectivity index is 1.33. The molecule has 0 unspecified atom stereocenters. The molecule has 0 aliphatic heterocycles. The number of fused-ring (bicyclic) bond motifs is 2. The number of anilines is 2. The number of rotatable bonds is 12. The second kappa shape index (κ2) is 16.3. The first-order chi connectivity index (χ1) is 29.2. The van der Waals surface area contributed by atoms with Crippen molar-refractivity contribution in [2.24, 2.45) is 25.6 Å². The first-order valence-corrected chi connectivity index (χ1v) is 22.3. The van der Waals surface area contributed by atoms with Gasteiger partial charge in [-0.25, -0.2) is 33.7 Å². The first kappa shape index (κ1) is 45.4. The quantitative estimate of drug-likeness (QED) is 0.0414. The van der Waals surface area contributed by atoms with Crippen LogP contribution in [0.4, 0.5) is 45.5 Å². The Morgan fingerprint density at radius 2 is 0.968 bits per heavy atom. The fourth-order valence-electron chi connectivity index (χ4n) is 5.89. The van der Waals surface area contributed by atoms with E-state index in [1.165, 1.54) is 25.3 Å². The van der Waals surface area contributed by atoms with E-state index in [0.29, 0.717) is 36.4 Å². The van der Waals surface area contributed by atoms with E-state index in [1.54, 1.807) is 0 Å². The van der Waals surface area contributed by atoms with Crippen molar-refractivity contribution in [2.75, 3.05) is 25.7 Å². The molecule has 63 heavy (non-hydrogen) atoms. The lowest BCUT2D eigenvalue weighted by molar-refractivity contribution is -0.435. The third kappa shape index (κ3) is 9.24. The Bertz CT molecular complexity index is 3490. The largest absolute Gasteiger partial charge is 0.744 e. The van der Waals surface area contributed by atoms with Gasteiger partial charge in [-0.05, 0) is 70.2 Å². The smallest absolute Gasteiger partial charge is 0.248 e. The third-order valence-electron chi connectivity index (χ3n) is 8.69. The molecule has 330 valence electrons. The highest BCUT2D eigenvalue weighted by Gasteiger charge is 2.23. The van der Waals surface area contributed by atoms with Crippen molar-refractivity contribution in [3.8, 4) is 23.0 Å². The summed E-state index contributed by atoms with van der Waals surface area (Å²) in [5, 5.41) is 52.6. The molecular weight excluding hydrogens is 921 g/mol. The van der Waals surface area contributed by atoms with E-state index in [4.69, 9.17) is 20.9 Å². The van der Waals surface area contributed by atoms with Crippen LogP contribution in [-0.4, -0.2) is 81.2 Å². The lowest BCUT2D eigenvalue weighted by Crippen LogP contribution is -2.03.